The van der Waals surface area contributed by atoms with E-state index in [-0.39, 0.29) is 30.3 Å². The minimum absolute atomic E-state index is 0.0503. The number of hydrogen-bond donors (Lipinski definition) is 1. The Morgan fingerprint density at radius 3 is 2.48 bits per heavy atom. The lowest BCUT2D eigenvalue weighted by molar-refractivity contribution is 0.294. The van der Waals surface area contributed by atoms with Crippen LogP contribution in [0.1, 0.15) is 32.6 Å². The maximum absolute atomic E-state index is 12.6. The number of sulfone groups is 1. The van der Waals surface area contributed by atoms with E-state index in [1.54, 1.807) is 0 Å². The van der Waals surface area contributed by atoms with Crippen LogP contribution in [0.25, 0.3) is 0 Å². The Morgan fingerprint density at radius 1 is 1.33 bits per heavy atom. The summed E-state index contributed by atoms with van der Waals surface area (Å²) in [5.74, 6) is -0.165. The molecule has 9 heteroatoms. The van der Waals surface area contributed by atoms with Crippen LogP contribution >= 0.6 is 0 Å². The minimum atomic E-state index is -3.48. The first-order valence-electron chi connectivity index (χ1n) is 7.20. The van der Waals surface area contributed by atoms with Gasteiger partial charge in [-0.25, -0.2) is 21.1 Å². The molecule has 21 heavy (non-hydrogen) atoms. The lowest BCUT2D eigenvalue weighted by atomic mass is 9.95. The number of hydrogen-bond acceptors (Lipinski definition) is 6. The fourth-order valence-corrected chi connectivity index (χ4v) is 6.77. The molecule has 0 aromatic heterocycles. The molecule has 0 saturated carbocycles. The van der Waals surface area contributed by atoms with Gasteiger partial charge in [-0.15, -0.1) is 0 Å². The van der Waals surface area contributed by atoms with E-state index >= 15 is 0 Å². The van der Waals surface area contributed by atoms with Crippen LogP contribution in [-0.2, 0) is 19.9 Å². The van der Waals surface area contributed by atoms with Crippen LogP contribution in [0.4, 0.5) is 0 Å². The first-order chi connectivity index (χ1) is 9.80. The zero-order chi connectivity index (χ0) is 15.7. The Balaban J connectivity index is 2.10. The second-order valence-electron chi connectivity index (χ2n) is 5.70. The molecule has 0 aliphatic carbocycles. The fourth-order valence-electron chi connectivity index (χ4n) is 2.99. The summed E-state index contributed by atoms with van der Waals surface area (Å²) in [5, 5.41) is 11.6. The predicted molar refractivity (Wildman–Crippen MR) is 79.8 cm³/mol. The molecule has 2 saturated heterocycles. The molecule has 2 aliphatic rings. The molecule has 2 fully saturated rings. The highest BCUT2D eigenvalue weighted by molar-refractivity contribution is 7.92. The highest BCUT2D eigenvalue weighted by Crippen LogP contribution is 2.27. The summed E-state index contributed by atoms with van der Waals surface area (Å²) in [6, 6.07) is 0. The highest BCUT2D eigenvalue weighted by atomic mass is 32.2. The van der Waals surface area contributed by atoms with Crippen molar-refractivity contribution in [3.8, 4) is 0 Å². The Bertz CT molecular complexity index is 598. The van der Waals surface area contributed by atoms with E-state index in [1.165, 1.54) is 4.31 Å². The van der Waals surface area contributed by atoms with E-state index in [2.05, 4.69) is 5.16 Å². The van der Waals surface area contributed by atoms with Gasteiger partial charge in [-0.2, -0.15) is 0 Å². The first kappa shape index (κ1) is 16.7. The molecule has 1 atom stereocenters. The quantitative estimate of drug-likeness (QED) is 0.594. The van der Waals surface area contributed by atoms with Crippen molar-refractivity contribution < 1.29 is 22.0 Å². The number of nitrogens with zero attached hydrogens (tertiary/aromatic N) is 2. The number of rotatable bonds is 3. The molecule has 0 amide bonds. The van der Waals surface area contributed by atoms with E-state index in [9.17, 15) is 16.8 Å². The average molecular weight is 338 g/mol. The van der Waals surface area contributed by atoms with Crippen molar-refractivity contribution in [3.05, 3.63) is 0 Å². The lowest BCUT2D eigenvalue weighted by Crippen LogP contribution is -2.49. The summed E-state index contributed by atoms with van der Waals surface area (Å²) >= 11 is 0. The van der Waals surface area contributed by atoms with Gasteiger partial charge in [-0.3, -0.25) is 0 Å². The smallest absolute Gasteiger partial charge is 0.217 e. The van der Waals surface area contributed by atoms with Gasteiger partial charge in [-0.05, 0) is 19.3 Å². The summed E-state index contributed by atoms with van der Waals surface area (Å²) in [6.45, 7) is 2.56. The molecule has 2 rings (SSSR count). The monoisotopic (exact) mass is 338 g/mol. The van der Waals surface area contributed by atoms with Crippen molar-refractivity contribution >= 4 is 25.6 Å². The third-order valence-electron chi connectivity index (χ3n) is 4.42. The van der Waals surface area contributed by atoms with Gasteiger partial charge in [0.2, 0.25) is 10.0 Å². The van der Waals surface area contributed by atoms with Gasteiger partial charge in [0.25, 0.3) is 0 Å². The molecule has 0 radical (unpaired) electrons. The van der Waals surface area contributed by atoms with Crippen molar-refractivity contribution in [2.45, 2.75) is 37.9 Å². The number of sulfonamides is 1. The minimum Gasteiger partial charge on any atom is -0.411 e. The predicted octanol–water partition coefficient (Wildman–Crippen LogP) is 0.456. The summed E-state index contributed by atoms with van der Waals surface area (Å²) in [7, 11) is -6.55. The van der Waals surface area contributed by atoms with Crippen molar-refractivity contribution in [1.29, 1.82) is 0 Å². The second kappa shape index (κ2) is 6.21. The topological polar surface area (TPSA) is 104 Å². The van der Waals surface area contributed by atoms with Crippen LogP contribution < -0.4 is 0 Å². The van der Waals surface area contributed by atoms with E-state index < -0.39 is 25.1 Å². The van der Waals surface area contributed by atoms with Crippen LogP contribution in [0.15, 0.2) is 5.16 Å². The number of piperidine rings is 1. The SMILES string of the molecule is CCC1CN(S(=O)(=O)C2CCS(=O)(=O)CC2)CCC1=NO. The largest absolute Gasteiger partial charge is 0.411 e. The molecular weight excluding hydrogens is 316 g/mol. The summed E-state index contributed by atoms with van der Waals surface area (Å²) in [6.07, 6.45) is 1.50. The van der Waals surface area contributed by atoms with Crippen molar-refractivity contribution in [2.75, 3.05) is 24.6 Å². The lowest BCUT2D eigenvalue weighted by Gasteiger charge is -2.35. The average Bonchev–Trinajstić information content (AvgIpc) is 2.46. The van der Waals surface area contributed by atoms with E-state index in [0.29, 0.717) is 31.6 Å². The second-order valence-corrected chi connectivity index (χ2v) is 10.2. The van der Waals surface area contributed by atoms with Crippen LogP contribution in [0.3, 0.4) is 0 Å². The fraction of sp³-hybridized carbons (Fsp3) is 0.917. The van der Waals surface area contributed by atoms with Crippen LogP contribution in [0.2, 0.25) is 0 Å². The first-order valence-corrected chi connectivity index (χ1v) is 10.5. The van der Waals surface area contributed by atoms with Crippen LogP contribution in [0.5, 0.6) is 0 Å². The third kappa shape index (κ3) is 3.57. The summed E-state index contributed by atoms with van der Waals surface area (Å²) in [4.78, 5) is 0. The molecule has 0 bridgehead atoms. The summed E-state index contributed by atoms with van der Waals surface area (Å²) < 4.78 is 49.6. The molecule has 0 spiro atoms. The maximum atomic E-state index is 12.6. The Kier molecular flexibility index (Phi) is 4.94. The molecule has 122 valence electrons. The highest BCUT2D eigenvalue weighted by Gasteiger charge is 2.39. The molecule has 0 aromatic carbocycles. The van der Waals surface area contributed by atoms with E-state index in [1.807, 2.05) is 6.92 Å². The normalized spacial score (nSPS) is 30.5. The summed E-state index contributed by atoms with van der Waals surface area (Å²) in [5.41, 5.74) is 0.648. The van der Waals surface area contributed by atoms with Gasteiger partial charge in [0, 0.05) is 25.4 Å². The van der Waals surface area contributed by atoms with Gasteiger partial charge in [-0.1, -0.05) is 12.1 Å². The molecule has 2 heterocycles. The molecule has 7 nitrogen and oxygen atoms in total. The van der Waals surface area contributed by atoms with E-state index in [0.717, 1.165) is 0 Å². The maximum Gasteiger partial charge on any atom is 0.217 e. The molecule has 0 aromatic rings. The zero-order valence-corrected chi connectivity index (χ0v) is 13.7. The van der Waals surface area contributed by atoms with Gasteiger partial charge in [0.15, 0.2) is 0 Å². The Hall–Kier alpha value is -0.670. The Morgan fingerprint density at radius 2 is 1.95 bits per heavy atom. The molecule has 1 unspecified atom stereocenters. The zero-order valence-electron chi connectivity index (χ0n) is 12.1. The molecule has 1 N–H and O–H groups in total. The third-order valence-corrected chi connectivity index (χ3v) is 8.50. The van der Waals surface area contributed by atoms with Crippen molar-refractivity contribution in [1.82, 2.24) is 4.31 Å². The van der Waals surface area contributed by atoms with Crippen molar-refractivity contribution in [3.63, 3.8) is 0 Å². The van der Waals surface area contributed by atoms with Gasteiger partial charge in [0.1, 0.15) is 9.84 Å². The van der Waals surface area contributed by atoms with Gasteiger partial charge >= 0.3 is 0 Å². The van der Waals surface area contributed by atoms with Crippen molar-refractivity contribution in [2.24, 2.45) is 11.1 Å². The van der Waals surface area contributed by atoms with Gasteiger partial charge in [0.05, 0.1) is 22.5 Å². The molecule has 2 aliphatic heterocycles. The Labute approximate surface area is 126 Å². The van der Waals surface area contributed by atoms with Crippen LogP contribution in [0, 0.1) is 5.92 Å². The standard InChI is InChI=1S/C12H22N2O5S2/c1-2-10-9-14(6-3-12(10)13-15)21(18,19)11-4-7-20(16,17)8-5-11/h10-11,15H,2-9H2,1H3. The molecular formula is C12H22N2O5S2. The van der Waals surface area contributed by atoms with Crippen LogP contribution in [-0.4, -0.2) is 61.9 Å². The number of oxime groups is 1. The van der Waals surface area contributed by atoms with Gasteiger partial charge < -0.3 is 5.21 Å². The van der Waals surface area contributed by atoms with E-state index in [4.69, 9.17) is 5.21 Å².